The number of benzene rings is 1. The van der Waals surface area contributed by atoms with Gasteiger partial charge in [-0.1, -0.05) is 18.2 Å². The molecule has 0 heterocycles. The Labute approximate surface area is 85.9 Å². The summed E-state index contributed by atoms with van der Waals surface area (Å²) in [5.74, 6) is -0.738. The Morgan fingerprint density at radius 3 is 2.47 bits per heavy atom. The van der Waals surface area contributed by atoms with Gasteiger partial charge in [-0.3, -0.25) is 10.1 Å². The zero-order valence-electron chi connectivity index (χ0n) is 7.59. The molecule has 0 aliphatic heterocycles. The molecule has 1 rings (SSSR count). The van der Waals surface area contributed by atoms with Gasteiger partial charge in [-0.2, -0.15) is 8.42 Å². The van der Waals surface area contributed by atoms with Crippen LogP contribution in [0, 0.1) is 10.1 Å². The Kier molecular flexibility index (Phi) is 3.35. The molecular weight excluding hydrogens is 225 g/mol. The number of hydrogen-bond acceptors (Lipinski definition) is 4. The minimum Gasteiger partial charge on any atom is -0.258 e. The number of nitrogens with zero attached hydrogens (tertiary/aromatic N) is 1. The molecule has 0 fully saturated rings. The molecule has 0 saturated carbocycles. The fourth-order valence-electron chi connectivity index (χ4n) is 1.13. The Hall–Kier alpha value is -1.50. The van der Waals surface area contributed by atoms with Crippen LogP contribution in [0.1, 0.15) is 5.56 Å². The average molecular weight is 233 g/mol. The molecule has 1 aromatic rings. The Morgan fingerprint density at radius 1 is 1.33 bits per heavy atom. The molecule has 0 aromatic heterocycles. The second-order valence-electron chi connectivity index (χ2n) is 2.88. The maximum absolute atomic E-state index is 12.2. The lowest BCUT2D eigenvalue weighted by atomic mass is 10.1. The van der Waals surface area contributed by atoms with Crippen LogP contribution in [0.5, 0.6) is 0 Å². The molecule has 0 bridgehead atoms. The van der Waals surface area contributed by atoms with Crippen molar-refractivity contribution in [2.24, 2.45) is 0 Å². The van der Waals surface area contributed by atoms with E-state index in [1.807, 2.05) is 0 Å². The maximum atomic E-state index is 12.2. The molecule has 82 valence electrons. The highest BCUT2D eigenvalue weighted by atomic mass is 32.3. The van der Waals surface area contributed by atoms with E-state index in [-0.39, 0.29) is 17.7 Å². The molecular formula is C8H8FNO4S. The van der Waals surface area contributed by atoms with E-state index >= 15 is 0 Å². The van der Waals surface area contributed by atoms with E-state index < -0.39 is 20.9 Å². The SMILES string of the molecule is O=[N+]([O-])c1ccccc1CCS(=O)(=O)F. The summed E-state index contributed by atoms with van der Waals surface area (Å²) in [5, 5.41) is 10.5. The molecule has 0 spiro atoms. The normalized spacial score (nSPS) is 11.3. The van der Waals surface area contributed by atoms with Gasteiger partial charge in [-0.25, -0.2) is 0 Å². The first kappa shape index (κ1) is 11.6. The van der Waals surface area contributed by atoms with Gasteiger partial charge in [0.05, 0.1) is 10.7 Å². The Morgan fingerprint density at radius 2 is 1.93 bits per heavy atom. The third kappa shape index (κ3) is 3.62. The summed E-state index contributed by atoms with van der Waals surface area (Å²) in [5.41, 5.74) is 0.0184. The summed E-state index contributed by atoms with van der Waals surface area (Å²) in [4.78, 5) is 9.88. The van der Waals surface area contributed by atoms with Crippen molar-refractivity contribution in [3.05, 3.63) is 39.9 Å². The van der Waals surface area contributed by atoms with E-state index in [0.717, 1.165) is 0 Å². The highest BCUT2D eigenvalue weighted by Crippen LogP contribution is 2.18. The summed E-state index contributed by atoms with van der Waals surface area (Å²) < 4.78 is 32.7. The lowest BCUT2D eigenvalue weighted by molar-refractivity contribution is -0.385. The highest BCUT2D eigenvalue weighted by molar-refractivity contribution is 7.86. The number of hydrogen-bond donors (Lipinski definition) is 0. The zero-order valence-corrected chi connectivity index (χ0v) is 8.41. The minimum atomic E-state index is -4.59. The van der Waals surface area contributed by atoms with E-state index in [1.54, 1.807) is 0 Å². The number of halogens is 1. The summed E-state index contributed by atoms with van der Waals surface area (Å²) >= 11 is 0. The molecule has 7 heteroatoms. The Bertz CT molecular complexity index is 471. The first-order valence-corrected chi connectivity index (χ1v) is 5.60. The van der Waals surface area contributed by atoms with Gasteiger partial charge in [0, 0.05) is 11.6 Å². The maximum Gasteiger partial charge on any atom is 0.302 e. The van der Waals surface area contributed by atoms with Gasteiger partial charge in [-0.05, 0) is 6.42 Å². The van der Waals surface area contributed by atoms with Crippen LogP contribution in [0.4, 0.5) is 9.57 Å². The number of nitro groups is 1. The van der Waals surface area contributed by atoms with Crippen molar-refractivity contribution in [1.29, 1.82) is 0 Å². The minimum absolute atomic E-state index is 0.193. The van der Waals surface area contributed by atoms with Crippen LogP contribution in [-0.2, 0) is 16.6 Å². The van der Waals surface area contributed by atoms with Crippen LogP contribution in [0.2, 0.25) is 0 Å². The molecule has 0 saturated heterocycles. The quantitative estimate of drug-likeness (QED) is 0.448. The number of nitro benzene ring substituents is 1. The van der Waals surface area contributed by atoms with Crippen LogP contribution in [-0.4, -0.2) is 19.1 Å². The Balaban J connectivity index is 2.90. The van der Waals surface area contributed by atoms with Gasteiger partial charge in [0.15, 0.2) is 0 Å². The van der Waals surface area contributed by atoms with Crippen molar-refractivity contribution in [3.63, 3.8) is 0 Å². The highest BCUT2D eigenvalue weighted by Gasteiger charge is 2.15. The fraction of sp³-hybridized carbons (Fsp3) is 0.250. The lowest BCUT2D eigenvalue weighted by Gasteiger charge is -1.99. The standard InChI is InChI=1S/C8H8FNO4S/c9-15(13,14)6-5-7-3-1-2-4-8(7)10(11)12/h1-4H,5-6H2. The van der Waals surface area contributed by atoms with Gasteiger partial charge in [0.2, 0.25) is 0 Å². The summed E-state index contributed by atoms with van der Waals surface area (Å²) in [6.45, 7) is 0. The van der Waals surface area contributed by atoms with Crippen molar-refractivity contribution in [1.82, 2.24) is 0 Å². The average Bonchev–Trinajstić information content (AvgIpc) is 2.14. The van der Waals surface area contributed by atoms with Gasteiger partial charge in [-0.15, -0.1) is 3.89 Å². The van der Waals surface area contributed by atoms with Crippen LogP contribution >= 0.6 is 0 Å². The summed E-state index contributed by atoms with van der Waals surface area (Å²) in [7, 11) is -4.59. The fourth-order valence-corrected chi connectivity index (χ4v) is 1.60. The van der Waals surface area contributed by atoms with Crippen molar-refractivity contribution in [2.75, 3.05) is 5.75 Å². The van der Waals surface area contributed by atoms with Crippen molar-refractivity contribution in [2.45, 2.75) is 6.42 Å². The van der Waals surface area contributed by atoms with Crippen LogP contribution < -0.4 is 0 Å². The summed E-state index contributed by atoms with van der Waals surface area (Å²) in [6.07, 6.45) is -0.198. The third-order valence-electron chi connectivity index (χ3n) is 1.80. The van der Waals surface area contributed by atoms with Crippen LogP contribution in [0.25, 0.3) is 0 Å². The van der Waals surface area contributed by atoms with Crippen molar-refractivity contribution >= 4 is 15.9 Å². The molecule has 1 aromatic carbocycles. The number of aryl methyl sites for hydroxylation is 1. The lowest BCUT2D eigenvalue weighted by Crippen LogP contribution is -2.04. The van der Waals surface area contributed by atoms with E-state index in [2.05, 4.69) is 0 Å². The molecule has 0 aliphatic carbocycles. The van der Waals surface area contributed by atoms with Gasteiger partial charge in [0.1, 0.15) is 0 Å². The second-order valence-corrected chi connectivity index (χ2v) is 4.36. The molecule has 0 N–H and O–H groups in total. The van der Waals surface area contributed by atoms with Gasteiger partial charge < -0.3 is 0 Å². The van der Waals surface area contributed by atoms with E-state index in [4.69, 9.17) is 0 Å². The molecule has 0 amide bonds. The molecule has 0 unspecified atom stereocenters. The molecule has 0 radical (unpaired) electrons. The number of rotatable bonds is 4. The first-order chi connectivity index (χ1) is 6.90. The van der Waals surface area contributed by atoms with Crippen molar-refractivity contribution in [3.8, 4) is 0 Å². The number of para-hydroxylation sites is 1. The largest absolute Gasteiger partial charge is 0.302 e. The predicted molar refractivity (Wildman–Crippen MR) is 51.7 cm³/mol. The van der Waals surface area contributed by atoms with Crippen LogP contribution in [0.3, 0.4) is 0 Å². The van der Waals surface area contributed by atoms with Crippen molar-refractivity contribution < 1.29 is 17.2 Å². The van der Waals surface area contributed by atoms with Gasteiger partial charge >= 0.3 is 10.2 Å². The topological polar surface area (TPSA) is 77.3 Å². The molecule has 0 atom stereocenters. The predicted octanol–water partition coefficient (Wildman–Crippen LogP) is 1.44. The summed E-state index contributed by atoms with van der Waals surface area (Å²) in [6, 6.07) is 5.66. The second kappa shape index (κ2) is 4.35. The molecule has 15 heavy (non-hydrogen) atoms. The molecule has 0 aliphatic rings. The first-order valence-electron chi connectivity index (χ1n) is 4.05. The molecule has 5 nitrogen and oxygen atoms in total. The van der Waals surface area contributed by atoms with E-state index in [9.17, 15) is 22.4 Å². The van der Waals surface area contributed by atoms with E-state index in [0.29, 0.717) is 0 Å². The van der Waals surface area contributed by atoms with Gasteiger partial charge in [0.25, 0.3) is 5.69 Å². The monoisotopic (exact) mass is 233 g/mol. The third-order valence-corrected chi connectivity index (χ3v) is 2.50. The van der Waals surface area contributed by atoms with E-state index in [1.165, 1.54) is 24.3 Å². The smallest absolute Gasteiger partial charge is 0.258 e. The van der Waals surface area contributed by atoms with Crippen LogP contribution in [0.15, 0.2) is 24.3 Å². The zero-order chi connectivity index (χ0) is 11.5.